The van der Waals surface area contributed by atoms with E-state index in [4.69, 9.17) is 19.4 Å². The van der Waals surface area contributed by atoms with Gasteiger partial charge in [0.05, 0.1) is 0 Å². The summed E-state index contributed by atoms with van der Waals surface area (Å²) >= 11 is 1.84. The highest BCUT2D eigenvalue weighted by Crippen LogP contribution is 2.38. The van der Waals surface area contributed by atoms with Gasteiger partial charge in [0.25, 0.3) is 0 Å². The monoisotopic (exact) mass is 657 g/mol. The molecule has 3 aromatic heterocycles. The Morgan fingerprint density at radius 1 is 0.320 bits per heavy atom. The number of hydrogen-bond donors (Lipinski definition) is 0. The Morgan fingerprint density at radius 2 is 0.780 bits per heavy atom. The standard InChI is InChI=1S/C45H27N3OS/c1-3-9-28(10-4-1)29-15-17-31(18-16-29)44-46-43(30-11-5-2-6-12-30)47-45(48-44)34-20-23-36-35-22-19-33(26-39(35)49-40(36)27-34)32-21-24-42-38(25-32)37-13-7-8-14-41(37)50-42/h1-27H. The van der Waals surface area contributed by atoms with E-state index in [0.717, 1.165) is 49.8 Å². The van der Waals surface area contributed by atoms with Crippen LogP contribution in [-0.4, -0.2) is 15.0 Å². The zero-order valence-corrected chi connectivity index (χ0v) is 27.6. The van der Waals surface area contributed by atoms with Crippen molar-refractivity contribution in [2.24, 2.45) is 0 Å². The fourth-order valence-corrected chi connectivity index (χ4v) is 7.88. The predicted molar refractivity (Wildman–Crippen MR) is 207 cm³/mol. The van der Waals surface area contributed by atoms with E-state index in [2.05, 4.69) is 121 Å². The van der Waals surface area contributed by atoms with Crippen molar-refractivity contribution in [3.63, 3.8) is 0 Å². The summed E-state index contributed by atoms with van der Waals surface area (Å²) in [5.41, 5.74) is 8.99. The zero-order chi connectivity index (χ0) is 33.0. The van der Waals surface area contributed by atoms with Crippen LogP contribution in [0.1, 0.15) is 0 Å². The number of nitrogens with zero attached hydrogens (tertiary/aromatic N) is 3. The molecule has 0 aliphatic heterocycles. The molecule has 0 aliphatic rings. The summed E-state index contributed by atoms with van der Waals surface area (Å²) in [7, 11) is 0. The van der Waals surface area contributed by atoms with Crippen LogP contribution >= 0.6 is 11.3 Å². The van der Waals surface area contributed by atoms with E-state index in [0.29, 0.717) is 17.5 Å². The second-order valence-electron chi connectivity index (χ2n) is 12.4. The maximum Gasteiger partial charge on any atom is 0.164 e. The van der Waals surface area contributed by atoms with Crippen molar-refractivity contribution in [3.05, 3.63) is 164 Å². The minimum Gasteiger partial charge on any atom is -0.456 e. The van der Waals surface area contributed by atoms with Crippen molar-refractivity contribution < 1.29 is 4.42 Å². The smallest absolute Gasteiger partial charge is 0.164 e. The first-order chi connectivity index (χ1) is 24.7. The fourth-order valence-electron chi connectivity index (χ4n) is 6.79. The van der Waals surface area contributed by atoms with E-state index in [1.807, 2.05) is 53.8 Å². The molecule has 0 saturated heterocycles. The first-order valence-corrected chi connectivity index (χ1v) is 17.4. The molecule has 0 spiro atoms. The normalized spacial score (nSPS) is 11.6. The lowest BCUT2D eigenvalue weighted by atomic mass is 10.0. The number of thiophene rings is 1. The average Bonchev–Trinajstić information content (AvgIpc) is 3.75. The molecular formula is C45H27N3OS. The van der Waals surface area contributed by atoms with Crippen LogP contribution in [0.5, 0.6) is 0 Å². The second kappa shape index (κ2) is 11.6. The number of benzene rings is 7. The molecule has 0 fully saturated rings. The summed E-state index contributed by atoms with van der Waals surface area (Å²) in [5.74, 6) is 1.85. The number of aromatic nitrogens is 3. The van der Waals surface area contributed by atoms with Crippen LogP contribution in [0.15, 0.2) is 168 Å². The van der Waals surface area contributed by atoms with E-state index in [1.165, 1.54) is 31.3 Å². The lowest BCUT2D eigenvalue weighted by Gasteiger charge is -2.09. The molecule has 4 nitrogen and oxygen atoms in total. The summed E-state index contributed by atoms with van der Waals surface area (Å²) < 4.78 is 9.15. The average molecular weight is 658 g/mol. The van der Waals surface area contributed by atoms with Crippen LogP contribution in [0.25, 0.3) is 98.5 Å². The molecule has 5 heteroatoms. The van der Waals surface area contributed by atoms with Gasteiger partial charge in [-0.1, -0.05) is 121 Å². The molecular weight excluding hydrogens is 631 g/mol. The molecule has 0 aliphatic carbocycles. The van der Waals surface area contributed by atoms with Crippen molar-refractivity contribution in [2.45, 2.75) is 0 Å². The highest BCUT2D eigenvalue weighted by molar-refractivity contribution is 7.25. The molecule has 0 atom stereocenters. The minimum absolute atomic E-state index is 0.598. The van der Waals surface area contributed by atoms with Crippen molar-refractivity contribution in [1.29, 1.82) is 0 Å². The van der Waals surface area contributed by atoms with E-state index < -0.39 is 0 Å². The topological polar surface area (TPSA) is 51.8 Å². The molecule has 7 aromatic carbocycles. The number of furan rings is 1. The van der Waals surface area contributed by atoms with Crippen LogP contribution in [0.4, 0.5) is 0 Å². The third-order valence-electron chi connectivity index (χ3n) is 9.36. The zero-order valence-electron chi connectivity index (χ0n) is 26.7. The highest BCUT2D eigenvalue weighted by atomic mass is 32.1. The van der Waals surface area contributed by atoms with Gasteiger partial charge in [0.2, 0.25) is 0 Å². The first kappa shape index (κ1) is 28.6. The molecule has 0 radical (unpaired) electrons. The van der Waals surface area contributed by atoms with Gasteiger partial charge in [0.1, 0.15) is 11.2 Å². The Hall–Kier alpha value is -6.43. The summed E-state index contributed by atoms with van der Waals surface area (Å²) in [5, 5.41) is 4.73. The van der Waals surface area contributed by atoms with Gasteiger partial charge in [0, 0.05) is 47.6 Å². The highest BCUT2D eigenvalue weighted by Gasteiger charge is 2.16. The SMILES string of the molecule is c1ccc(-c2ccc(-c3nc(-c4ccccc4)nc(-c4ccc5c(c4)oc4cc(-c6ccc7sc8ccccc8c7c6)ccc45)n3)cc2)cc1. The van der Waals surface area contributed by atoms with Gasteiger partial charge in [-0.25, -0.2) is 15.0 Å². The molecule has 10 aromatic rings. The predicted octanol–water partition coefficient (Wildman–Crippen LogP) is 12.5. The maximum absolute atomic E-state index is 6.54. The van der Waals surface area contributed by atoms with E-state index in [9.17, 15) is 0 Å². The third-order valence-corrected chi connectivity index (χ3v) is 10.5. The van der Waals surface area contributed by atoms with Gasteiger partial charge >= 0.3 is 0 Å². The molecule has 3 heterocycles. The molecule has 50 heavy (non-hydrogen) atoms. The van der Waals surface area contributed by atoms with Crippen LogP contribution in [0, 0.1) is 0 Å². The van der Waals surface area contributed by atoms with Gasteiger partial charge in [0.15, 0.2) is 17.5 Å². The Kier molecular flexibility index (Phi) is 6.64. The lowest BCUT2D eigenvalue weighted by Crippen LogP contribution is -2.00. The lowest BCUT2D eigenvalue weighted by molar-refractivity contribution is 0.669. The number of hydrogen-bond acceptors (Lipinski definition) is 5. The Balaban J connectivity index is 1.05. The first-order valence-electron chi connectivity index (χ1n) is 16.6. The van der Waals surface area contributed by atoms with E-state index in [-0.39, 0.29) is 0 Å². The molecule has 0 N–H and O–H groups in total. The molecule has 0 amide bonds. The van der Waals surface area contributed by atoms with Gasteiger partial charge in [-0.3, -0.25) is 0 Å². The van der Waals surface area contributed by atoms with Crippen LogP contribution in [-0.2, 0) is 0 Å². The second-order valence-corrected chi connectivity index (χ2v) is 13.5. The third kappa shape index (κ3) is 4.95. The fraction of sp³-hybridized carbons (Fsp3) is 0. The summed E-state index contributed by atoms with van der Waals surface area (Å²) in [6.45, 7) is 0. The van der Waals surface area contributed by atoms with Crippen molar-refractivity contribution >= 4 is 53.4 Å². The van der Waals surface area contributed by atoms with Gasteiger partial charge in [-0.05, 0) is 64.7 Å². The molecule has 10 rings (SSSR count). The molecule has 234 valence electrons. The van der Waals surface area contributed by atoms with Crippen LogP contribution < -0.4 is 0 Å². The molecule has 0 unspecified atom stereocenters. The van der Waals surface area contributed by atoms with Crippen molar-refractivity contribution in [1.82, 2.24) is 15.0 Å². The maximum atomic E-state index is 6.54. The van der Waals surface area contributed by atoms with Crippen molar-refractivity contribution in [2.75, 3.05) is 0 Å². The minimum atomic E-state index is 0.598. The summed E-state index contributed by atoms with van der Waals surface area (Å²) in [6.07, 6.45) is 0. The van der Waals surface area contributed by atoms with E-state index >= 15 is 0 Å². The Labute approximate surface area is 292 Å². The largest absolute Gasteiger partial charge is 0.456 e. The Bertz CT molecular complexity index is 2860. The molecule has 0 saturated carbocycles. The molecule has 0 bridgehead atoms. The van der Waals surface area contributed by atoms with Gasteiger partial charge < -0.3 is 4.42 Å². The van der Waals surface area contributed by atoms with E-state index in [1.54, 1.807) is 0 Å². The van der Waals surface area contributed by atoms with Crippen molar-refractivity contribution in [3.8, 4) is 56.4 Å². The number of fused-ring (bicyclic) bond motifs is 6. The summed E-state index contributed by atoms with van der Waals surface area (Å²) in [6, 6.07) is 56.9. The van der Waals surface area contributed by atoms with Crippen LogP contribution in [0.2, 0.25) is 0 Å². The summed E-state index contributed by atoms with van der Waals surface area (Å²) in [4.78, 5) is 14.9. The Morgan fingerprint density at radius 3 is 1.50 bits per heavy atom. The van der Waals surface area contributed by atoms with Crippen LogP contribution in [0.3, 0.4) is 0 Å². The quantitative estimate of drug-likeness (QED) is 0.185. The van der Waals surface area contributed by atoms with Gasteiger partial charge in [-0.15, -0.1) is 11.3 Å². The van der Waals surface area contributed by atoms with Gasteiger partial charge in [-0.2, -0.15) is 0 Å². The number of rotatable bonds is 5.